The van der Waals surface area contributed by atoms with Crippen LogP contribution in [0.2, 0.25) is 0 Å². The van der Waals surface area contributed by atoms with Gasteiger partial charge in [0.15, 0.2) is 0 Å². The summed E-state index contributed by atoms with van der Waals surface area (Å²) in [5.74, 6) is -0.196. The largest absolute Gasteiger partial charge is 0.304 e. The lowest BCUT2D eigenvalue weighted by molar-refractivity contribution is -0.384. The van der Waals surface area contributed by atoms with Crippen LogP contribution in [0, 0.1) is 17.0 Å². The second kappa shape index (κ2) is 7.61. The lowest BCUT2D eigenvalue weighted by Crippen LogP contribution is -2.31. The normalized spacial score (nSPS) is 10.3. The second-order valence-corrected chi connectivity index (χ2v) is 5.97. The highest BCUT2D eigenvalue weighted by Crippen LogP contribution is 2.24. The van der Waals surface area contributed by atoms with Crippen molar-refractivity contribution < 1.29 is 9.72 Å². The van der Waals surface area contributed by atoms with Crippen molar-refractivity contribution >= 4 is 17.3 Å². The predicted molar refractivity (Wildman–Crippen MR) is 101 cm³/mol. The molecule has 0 atom stereocenters. The fraction of sp³-hybridized carbons (Fsp3) is 0.0952. The van der Waals surface area contributed by atoms with E-state index in [0.717, 1.165) is 16.8 Å². The summed E-state index contributed by atoms with van der Waals surface area (Å²) in [7, 11) is 0. The standard InChI is InChI=1S/C21H18N2O3/c1-16-7-5-6-10-20(16)22(15-17-8-3-2-4-9-17)21(24)18-11-13-19(14-12-18)23(25)26/h2-14H,15H2,1H3. The Kier molecular flexibility index (Phi) is 5.08. The number of benzene rings is 3. The molecule has 26 heavy (non-hydrogen) atoms. The number of amides is 1. The number of hydrogen-bond donors (Lipinski definition) is 0. The van der Waals surface area contributed by atoms with E-state index in [2.05, 4.69) is 0 Å². The molecule has 0 saturated carbocycles. The number of carbonyl (C=O) groups is 1. The van der Waals surface area contributed by atoms with Crippen LogP contribution in [-0.4, -0.2) is 10.8 Å². The van der Waals surface area contributed by atoms with Crippen LogP contribution in [0.15, 0.2) is 78.9 Å². The molecule has 0 fully saturated rings. The van der Waals surface area contributed by atoms with E-state index in [1.807, 2.05) is 61.5 Å². The van der Waals surface area contributed by atoms with Crippen LogP contribution in [0.4, 0.5) is 11.4 Å². The summed E-state index contributed by atoms with van der Waals surface area (Å²) in [5, 5.41) is 10.8. The summed E-state index contributed by atoms with van der Waals surface area (Å²) in [4.78, 5) is 25.2. The molecule has 0 radical (unpaired) electrons. The Morgan fingerprint density at radius 3 is 2.15 bits per heavy atom. The zero-order valence-electron chi connectivity index (χ0n) is 14.3. The molecule has 0 aliphatic carbocycles. The van der Waals surface area contributed by atoms with E-state index in [-0.39, 0.29) is 11.6 Å². The van der Waals surface area contributed by atoms with Gasteiger partial charge in [-0.2, -0.15) is 0 Å². The molecule has 0 saturated heterocycles. The number of aryl methyl sites for hydroxylation is 1. The third kappa shape index (κ3) is 3.78. The molecule has 0 aliphatic heterocycles. The van der Waals surface area contributed by atoms with Gasteiger partial charge in [-0.25, -0.2) is 0 Å². The first-order chi connectivity index (χ1) is 12.6. The van der Waals surface area contributed by atoms with Crippen LogP contribution < -0.4 is 4.90 Å². The number of para-hydroxylation sites is 1. The maximum Gasteiger partial charge on any atom is 0.269 e. The average molecular weight is 346 g/mol. The molecule has 0 N–H and O–H groups in total. The van der Waals surface area contributed by atoms with E-state index in [9.17, 15) is 14.9 Å². The highest BCUT2D eigenvalue weighted by atomic mass is 16.6. The third-order valence-electron chi connectivity index (χ3n) is 4.16. The Labute approximate surface area is 151 Å². The first-order valence-corrected chi connectivity index (χ1v) is 8.22. The van der Waals surface area contributed by atoms with Gasteiger partial charge in [0.05, 0.1) is 11.5 Å². The molecule has 5 nitrogen and oxygen atoms in total. The number of rotatable bonds is 5. The Bertz CT molecular complexity index is 922. The first-order valence-electron chi connectivity index (χ1n) is 8.22. The quantitative estimate of drug-likeness (QED) is 0.495. The molecule has 3 aromatic rings. The topological polar surface area (TPSA) is 63.5 Å². The smallest absolute Gasteiger partial charge is 0.269 e. The number of non-ortho nitro benzene ring substituents is 1. The van der Waals surface area contributed by atoms with E-state index >= 15 is 0 Å². The summed E-state index contributed by atoms with van der Waals surface area (Å²) < 4.78 is 0. The van der Waals surface area contributed by atoms with Gasteiger partial charge in [0, 0.05) is 23.4 Å². The van der Waals surface area contributed by atoms with Crippen LogP contribution in [0.25, 0.3) is 0 Å². The van der Waals surface area contributed by atoms with E-state index in [4.69, 9.17) is 0 Å². The molecule has 0 heterocycles. The molecular weight excluding hydrogens is 328 g/mol. The molecule has 130 valence electrons. The minimum Gasteiger partial charge on any atom is -0.304 e. The molecule has 5 heteroatoms. The molecule has 1 amide bonds. The molecule has 0 aromatic heterocycles. The lowest BCUT2D eigenvalue weighted by atomic mass is 10.1. The van der Waals surface area contributed by atoms with Crippen molar-refractivity contribution in [2.75, 3.05) is 4.90 Å². The van der Waals surface area contributed by atoms with Crippen LogP contribution in [0.3, 0.4) is 0 Å². The fourth-order valence-electron chi connectivity index (χ4n) is 2.78. The minimum absolute atomic E-state index is 0.0351. The maximum atomic E-state index is 13.1. The van der Waals surface area contributed by atoms with Gasteiger partial charge in [-0.1, -0.05) is 48.5 Å². The van der Waals surface area contributed by atoms with Gasteiger partial charge in [0.2, 0.25) is 0 Å². The van der Waals surface area contributed by atoms with Crippen molar-refractivity contribution in [3.63, 3.8) is 0 Å². The molecule has 3 rings (SSSR count). The summed E-state index contributed by atoms with van der Waals surface area (Å²) in [5.41, 5.74) is 3.19. The van der Waals surface area contributed by atoms with E-state index in [1.54, 1.807) is 4.90 Å². The van der Waals surface area contributed by atoms with E-state index in [1.165, 1.54) is 24.3 Å². The highest BCUT2D eigenvalue weighted by molar-refractivity contribution is 6.06. The van der Waals surface area contributed by atoms with Gasteiger partial charge in [0.25, 0.3) is 11.6 Å². The SMILES string of the molecule is Cc1ccccc1N(Cc1ccccc1)C(=O)c1ccc([N+](=O)[O-])cc1. The molecule has 0 aliphatic rings. The predicted octanol–water partition coefficient (Wildman–Crippen LogP) is 4.75. The summed E-state index contributed by atoms with van der Waals surface area (Å²) in [6, 6.07) is 23.1. The van der Waals surface area contributed by atoms with E-state index < -0.39 is 4.92 Å². The van der Waals surface area contributed by atoms with Crippen molar-refractivity contribution in [2.24, 2.45) is 0 Å². The number of hydrogen-bond acceptors (Lipinski definition) is 3. The molecule has 0 unspecified atom stereocenters. The lowest BCUT2D eigenvalue weighted by Gasteiger charge is -2.25. The van der Waals surface area contributed by atoms with Crippen molar-refractivity contribution in [3.05, 3.63) is 106 Å². The molecule has 0 spiro atoms. The van der Waals surface area contributed by atoms with Gasteiger partial charge in [-0.3, -0.25) is 14.9 Å². The highest BCUT2D eigenvalue weighted by Gasteiger charge is 2.20. The molecule has 3 aromatic carbocycles. The maximum absolute atomic E-state index is 13.1. The zero-order chi connectivity index (χ0) is 18.5. The Morgan fingerprint density at radius 2 is 1.54 bits per heavy atom. The van der Waals surface area contributed by atoms with Gasteiger partial charge in [0.1, 0.15) is 0 Å². The van der Waals surface area contributed by atoms with Gasteiger partial charge >= 0.3 is 0 Å². The van der Waals surface area contributed by atoms with Gasteiger partial charge < -0.3 is 4.90 Å². The van der Waals surface area contributed by atoms with Crippen LogP contribution in [0.5, 0.6) is 0 Å². The Balaban J connectivity index is 1.98. The van der Waals surface area contributed by atoms with Gasteiger partial charge in [-0.05, 0) is 36.2 Å². The average Bonchev–Trinajstić information content (AvgIpc) is 2.67. The van der Waals surface area contributed by atoms with Gasteiger partial charge in [-0.15, -0.1) is 0 Å². The van der Waals surface area contributed by atoms with Crippen molar-refractivity contribution in [2.45, 2.75) is 13.5 Å². The number of nitro groups is 1. The van der Waals surface area contributed by atoms with Crippen molar-refractivity contribution in [3.8, 4) is 0 Å². The number of nitro benzene ring substituents is 1. The van der Waals surface area contributed by atoms with E-state index in [0.29, 0.717) is 12.1 Å². The summed E-state index contributed by atoms with van der Waals surface area (Å²) >= 11 is 0. The number of carbonyl (C=O) groups excluding carboxylic acids is 1. The van der Waals surface area contributed by atoms with Crippen molar-refractivity contribution in [1.82, 2.24) is 0 Å². The Morgan fingerprint density at radius 1 is 0.923 bits per heavy atom. The minimum atomic E-state index is -0.475. The molecular formula is C21H18N2O3. The zero-order valence-corrected chi connectivity index (χ0v) is 14.3. The fourth-order valence-corrected chi connectivity index (χ4v) is 2.78. The number of anilines is 1. The van der Waals surface area contributed by atoms with Crippen LogP contribution in [0.1, 0.15) is 21.5 Å². The van der Waals surface area contributed by atoms with Crippen molar-refractivity contribution in [1.29, 1.82) is 0 Å². The second-order valence-electron chi connectivity index (χ2n) is 5.97. The molecule has 0 bridgehead atoms. The summed E-state index contributed by atoms with van der Waals surface area (Å²) in [6.07, 6.45) is 0. The summed E-state index contributed by atoms with van der Waals surface area (Å²) in [6.45, 7) is 2.37. The monoisotopic (exact) mass is 346 g/mol. The first kappa shape index (κ1) is 17.4. The van der Waals surface area contributed by atoms with Crippen LogP contribution >= 0.6 is 0 Å². The third-order valence-corrected chi connectivity index (χ3v) is 4.16. The van der Waals surface area contributed by atoms with Crippen LogP contribution in [-0.2, 0) is 6.54 Å². The number of nitrogens with zero attached hydrogens (tertiary/aromatic N) is 2. The Hall–Kier alpha value is -3.47.